The van der Waals surface area contributed by atoms with Crippen LogP contribution in [0.25, 0.3) is 0 Å². The lowest BCUT2D eigenvalue weighted by molar-refractivity contribution is -0.144. The molecule has 5 atom stereocenters. The van der Waals surface area contributed by atoms with Crippen LogP contribution in [-0.2, 0) is 28.8 Å². The van der Waals surface area contributed by atoms with E-state index in [0.29, 0.717) is 13.0 Å². The number of carboxylic acids is 3. The van der Waals surface area contributed by atoms with E-state index in [1.807, 2.05) is 0 Å². The molecule has 0 aromatic heterocycles. The number of hydrogen-bond acceptors (Lipinski definition) is 8. The molecule has 3 amide bonds. The van der Waals surface area contributed by atoms with Crippen LogP contribution in [0.3, 0.4) is 0 Å². The molecule has 14 heteroatoms. The molecule has 1 aliphatic rings. The Labute approximate surface area is 189 Å². The first-order valence-corrected chi connectivity index (χ1v) is 10.4. The second-order valence-corrected chi connectivity index (χ2v) is 7.70. The van der Waals surface area contributed by atoms with E-state index in [1.165, 1.54) is 6.92 Å². The zero-order chi connectivity index (χ0) is 25.1. The molecule has 8 N–H and O–H groups in total. The molecular weight excluding hydrogens is 444 g/mol. The zero-order valence-corrected chi connectivity index (χ0v) is 18.1. The molecule has 0 aromatic carbocycles. The summed E-state index contributed by atoms with van der Waals surface area (Å²) < 4.78 is 0. The summed E-state index contributed by atoms with van der Waals surface area (Å²) in [4.78, 5) is 70.6. The topological polar surface area (TPSA) is 231 Å². The van der Waals surface area contributed by atoms with E-state index in [4.69, 9.17) is 10.2 Å². The fourth-order valence-corrected chi connectivity index (χ4v) is 3.16. The van der Waals surface area contributed by atoms with Crippen LogP contribution >= 0.6 is 0 Å². The van der Waals surface area contributed by atoms with Gasteiger partial charge in [0.25, 0.3) is 0 Å². The Morgan fingerprint density at radius 3 is 1.88 bits per heavy atom. The van der Waals surface area contributed by atoms with Crippen LogP contribution in [0.2, 0.25) is 0 Å². The number of carboxylic acid groups (broad SMARTS) is 3. The lowest BCUT2D eigenvalue weighted by atomic mass is 10.1. The van der Waals surface area contributed by atoms with Crippen molar-refractivity contribution in [3.63, 3.8) is 0 Å². The number of carbonyl (C=O) groups is 6. The number of hydrogen-bond donors (Lipinski definition) is 8. The van der Waals surface area contributed by atoms with Gasteiger partial charge in [-0.05, 0) is 39.2 Å². The van der Waals surface area contributed by atoms with Crippen LogP contribution in [0.5, 0.6) is 0 Å². The van der Waals surface area contributed by atoms with Gasteiger partial charge in [0.05, 0.1) is 12.1 Å². The maximum Gasteiger partial charge on any atom is 0.326 e. The molecule has 0 aromatic rings. The Kier molecular flexibility index (Phi) is 11.2. The highest BCUT2D eigenvalue weighted by atomic mass is 16.4. The van der Waals surface area contributed by atoms with Gasteiger partial charge in [0.1, 0.15) is 18.1 Å². The SMILES string of the molecule is CC(O)C(NC(=O)C1CCCN1)C(=O)NC(CCC(=O)O)C(=O)NC(CCC(=O)O)C(=O)O. The molecule has 186 valence electrons. The highest BCUT2D eigenvalue weighted by molar-refractivity contribution is 5.94. The van der Waals surface area contributed by atoms with E-state index in [2.05, 4.69) is 21.3 Å². The first-order valence-electron chi connectivity index (χ1n) is 10.4. The van der Waals surface area contributed by atoms with Crippen molar-refractivity contribution in [3.05, 3.63) is 0 Å². The summed E-state index contributed by atoms with van der Waals surface area (Å²) in [5, 5.41) is 46.5. The number of carbonyl (C=O) groups excluding carboxylic acids is 3. The van der Waals surface area contributed by atoms with Crippen LogP contribution in [-0.4, -0.2) is 92.9 Å². The Morgan fingerprint density at radius 2 is 1.42 bits per heavy atom. The van der Waals surface area contributed by atoms with Gasteiger partial charge in [-0.25, -0.2) is 4.79 Å². The van der Waals surface area contributed by atoms with E-state index < -0.39 is 91.6 Å². The predicted molar refractivity (Wildman–Crippen MR) is 110 cm³/mol. The predicted octanol–water partition coefficient (Wildman–Crippen LogP) is -2.61. The second kappa shape index (κ2) is 13.3. The molecule has 33 heavy (non-hydrogen) atoms. The monoisotopic (exact) mass is 474 g/mol. The van der Waals surface area contributed by atoms with Gasteiger partial charge in [-0.2, -0.15) is 0 Å². The molecule has 1 heterocycles. The molecule has 0 saturated carbocycles. The van der Waals surface area contributed by atoms with Crippen LogP contribution in [0.4, 0.5) is 0 Å². The van der Waals surface area contributed by atoms with Crippen molar-refractivity contribution in [1.82, 2.24) is 21.3 Å². The first-order chi connectivity index (χ1) is 15.4. The third kappa shape index (κ3) is 9.82. The molecule has 1 saturated heterocycles. The lowest BCUT2D eigenvalue weighted by Crippen LogP contribution is -2.59. The summed E-state index contributed by atoms with van der Waals surface area (Å²) in [6.45, 7) is 1.86. The summed E-state index contributed by atoms with van der Waals surface area (Å²) in [7, 11) is 0. The zero-order valence-electron chi connectivity index (χ0n) is 18.1. The van der Waals surface area contributed by atoms with E-state index in [0.717, 1.165) is 6.42 Å². The number of aliphatic hydroxyl groups is 1. The lowest BCUT2D eigenvalue weighted by Gasteiger charge is -2.26. The molecular formula is C19H30N4O10. The van der Waals surface area contributed by atoms with Gasteiger partial charge < -0.3 is 41.7 Å². The van der Waals surface area contributed by atoms with Gasteiger partial charge in [0.15, 0.2) is 0 Å². The molecule has 0 radical (unpaired) electrons. The number of amides is 3. The summed E-state index contributed by atoms with van der Waals surface area (Å²) in [6, 6.07) is -5.10. The van der Waals surface area contributed by atoms with Crippen molar-refractivity contribution in [1.29, 1.82) is 0 Å². The van der Waals surface area contributed by atoms with Crippen LogP contribution < -0.4 is 21.3 Å². The van der Waals surface area contributed by atoms with Crippen LogP contribution in [0.1, 0.15) is 45.4 Å². The quantitative estimate of drug-likeness (QED) is 0.130. The Balaban J connectivity index is 2.91. The molecule has 1 aliphatic heterocycles. The fourth-order valence-electron chi connectivity index (χ4n) is 3.16. The second-order valence-electron chi connectivity index (χ2n) is 7.70. The minimum atomic E-state index is -1.58. The molecule has 14 nitrogen and oxygen atoms in total. The van der Waals surface area contributed by atoms with Gasteiger partial charge in [-0.1, -0.05) is 0 Å². The van der Waals surface area contributed by atoms with Gasteiger partial charge in [-0.3, -0.25) is 24.0 Å². The standard InChI is InChI=1S/C19H30N4O10/c1-9(24)15(23-16(29)10-3-2-8-20-10)18(31)21-11(4-6-13(25)26)17(30)22-12(19(32)33)5-7-14(27)28/h9-12,15,20,24H,2-8H2,1H3,(H,21,31)(H,22,30)(H,23,29)(H,25,26)(H,27,28)(H,32,33). The Hall–Kier alpha value is -3.26. The third-order valence-corrected chi connectivity index (χ3v) is 4.98. The third-order valence-electron chi connectivity index (χ3n) is 4.98. The van der Waals surface area contributed by atoms with E-state index in [1.54, 1.807) is 0 Å². The van der Waals surface area contributed by atoms with Gasteiger partial charge in [-0.15, -0.1) is 0 Å². The highest BCUT2D eigenvalue weighted by Gasteiger charge is 2.33. The Morgan fingerprint density at radius 1 is 0.879 bits per heavy atom. The van der Waals surface area contributed by atoms with Crippen molar-refractivity contribution in [2.45, 2.75) is 75.7 Å². The van der Waals surface area contributed by atoms with Crippen molar-refractivity contribution in [2.75, 3.05) is 6.54 Å². The number of rotatable bonds is 14. The minimum Gasteiger partial charge on any atom is -0.481 e. The first kappa shape index (κ1) is 27.8. The van der Waals surface area contributed by atoms with Crippen molar-refractivity contribution < 1.29 is 49.2 Å². The largest absolute Gasteiger partial charge is 0.481 e. The van der Waals surface area contributed by atoms with E-state index >= 15 is 0 Å². The maximum absolute atomic E-state index is 12.7. The molecule has 1 fully saturated rings. The highest BCUT2D eigenvalue weighted by Crippen LogP contribution is 2.07. The molecule has 1 rings (SSSR count). The van der Waals surface area contributed by atoms with Crippen molar-refractivity contribution in [3.8, 4) is 0 Å². The van der Waals surface area contributed by atoms with Crippen molar-refractivity contribution >= 4 is 35.6 Å². The van der Waals surface area contributed by atoms with Gasteiger partial charge in [0, 0.05) is 12.8 Å². The average molecular weight is 474 g/mol. The minimum absolute atomic E-state index is 0.414. The van der Waals surface area contributed by atoms with E-state index in [9.17, 15) is 39.0 Å². The average Bonchev–Trinajstić information content (AvgIpc) is 3.26. The van der Waals surface area contributed by atoms with Gasteiger partial charge in [0.2, 0.25) is 17.7 Å². The fraction of sp³-hybridized carbons (Fsp3) is 0.684. The van der Waals surface area contributed by atoms with Crippen LogP contribution in [0, 0.1) is 0 Å². The number of nitrogens with one attached hydrogen (secondary N) is 4. The van der Waals surface area contributed by atoms with Crippen molar-refractivity contribution in [2.24, 2.45) is 0 Å². The summed E-state index contributed by atoms with van der Waals surface area (Å²) in [5.41, 5.74) is 0. The maximum atomic E-state index is 12.7. The summed E-state index contributed by atoms with van der Waals surface area (Å²) in [5.74, 6) is -6.62. The van der Waals surface area contributed by atoms with Gasteiger partial charge >= 0.3 is 17.9 Å². The molecule has 0 spiro atoms. The number of aliphatic carboxylic acids is 3. The van der Waals surface area contributed by atoms with E-state index in [-0.39, 0.29) is 0 Å². The van der Waals surface area contributed by atoms with Crippen LogP contribution in [0.15, 0.2) is 0 Å². The smallest absolute Gasteiger partial charge is 0.326 e. The normalized spacial score (nSPS) is 18.9. The Bertz CT molecular complexity index is 751. The number of aliphatic hydroxyl groups excluding tert-OH is 1. The molecule has 5 unspecified atom stereocenters. The molecule has 0 aliphatic carbocycles. The summed E-state index contributed by atoms with van der Waals surface area (Å²) >= 11 is 0. The molecule has 0 bridgehead atoms. The summed E-state index contributed by atoms with van der Waals surface area (Å²) in [6.07, 6.45) is -2.01.